The molecule has 1 N–H and O–H groups in total. The van der Waals surface area contributed by atoms with E-state index in [1.54, 1.807) is 12.1 Å². The van der Waals surface area contributed by atoms with Crippen LogP contribution in [0.2, 0.25) is 0 Å². The Labute approximate surface area is 112 Å². The van der Waals surface area contributed by atoms with Crippen molar-refractivity contribution in [2.75, 3.05) is 11.9 Å². The molecule has 1 spiro atoms. The molecule has 0 aromatic heterocycles. The maximum Gasteiger partial charge on any atom is 0.387 e. The second-order valence-corrected chi connectivity index (χ2v) is 6.59. The molecule has 2 nitrogen and oxygen atoms in total. The standard InChI is InChI=1S/C15H19F2NO/c1-13(2)14(3,4)15(13)8-18-11-6-5-9(7-10(11)15)19-12(16)17/h5-7,12,18H,8H2,1-4H3. The first kappa shape index (κ1) is 12.7. The molecule has 0 atom stereocenters. The van der Waals surface area contributed by atoms with Crippen molar-refractivity contribution in [3.8, 4) is 5.75 Å². The SMILES string of the molecule is CC1(C)C(C)(C)C12CNc1ccc(OC(F)F)cc12. The highest BCUT2D eigenvalue weighted by atomic mass is 19.3. The molecule has 1 aliphatic heterocycles. The van der Waals surface area contributed by atoms with Gasteiger partial charge in [0.15, 0.2) is 0 Å². The predicted octanol–water partition coefficient (Wildman–Crippen LogP) is 4.02. The van der Waals surface area contributed by atoms with Crippen molar-refractivity contribution in [3.63, 3.8) is 0 Å². The second kappa shape index (κ2) is 3.41. The van der Waals surface area contributed by atoms with Crippen LogP contribution in [-0.4, -0.2) is 13.2 Å². The van der Waals surface area contributed by atoms with Gasteiger partial charge in [-0.25, -0.2) is 0 Å². The summed E-state index contributed by atoms with van der Waals surface area (Å²) < 4.78 is 29.2. The Bertz CT molecular complexity index is 523. The molecule has 0 bridgehead atoms. The fourth-order valence-electron chi connectivity index (χ4n) is 4.07. The predicted molar refractivity (Wildman–Crippen MR) is 70.8 cm³/mol. The lowest BCUT2D eigenvalue weighted by Crippen LogP contribution is -2.19. The third-order valence-corrected chi connectivity index (χ3v) is 5.85. The average molecular weight is 267 g/mol. The molecule has 3 rings (SSSR count). The van der Waals surface area contributed by atoms with Gasteiger partial charge >= 0.3 is 6.61 Å². The number of benzene rings is 1. The monoisotopic (exact) mass is 267 g/mol. The quantitative estimate of drug-likeness (QED) is 0.874. The van der Waals surface area contributed by atoms with Crippen molar-refractivity contribution in [2.24, 2.45) is 10.8 Å². The Kier molecular flexibility index (Phi) is 2.28. The lowest BCUT2D eigenvalue weighted by Gasteiger charge is -2.15. The van der Waals surface area contributed by atoms with E-state index < -0.39 is 6.61 Å². The summed E-state index contributed by atoms with van der Waals surface area (Å²) in [7, 11) is 0. The van der Waals surface area contributed by atoms with E-state index in [1.165, 1.54) is 0 Å². The van der Waals surface area contributed by atoms with Crippen LogP contribution in [0.1, 0.15) is 33.3 Å². The van der Waals surface area contributed by atoms with Crippen molar-refractivity contribution in [1.29, 1.82) is 0 Å². The number of nitrogens with one attached hydrogen (secondary N) is 1. The molecule has 0 unspecified atom stereocenters. The summed E-state index contributed by atoms with van der Waals surface area (Å²) in [6.45, 7) is 7.05. The van der Waals surface area contributed by atoms with Gasteiger partial charge in [-0.2, -0.15) is 8.78 Å². The molecule has 0 amide bonds. The molecule has 1 heterocycles. The minimum atomic E-state index is -2.77. The van der Waals surface area contributed by atoms with Crippen LogP contribution in [0.5, 0.6) is 5.75 Å². The molecule has 1 fully saturated rings. The van der Waals surface area contributed by atoms with Gasteiger partial charge in [0.2, 0.25) is 0 Å². The molecule has 2 aliphatic rings. The highest BCUT2D eigenvalue weighted by Crippen LogP contribution is 2.80. The Hall–Kier alpha value is -1.32. The fourth-order valence-corrected chi connectivity index (χ4v) is 4.07. The number of alkyl halides is 2. The largest absolute Gasteiger partial charge is 0.435 e. The Balaban J connectivity index is 2.06. The van der Waals surface area contributed by atoms with Crippen LogP contribution < -0.4 is 10.1 Å². The van der Waals surface area contributed by atoms with Crippen LogP contribution in [-0.2, 0) is 5.41 Å². The molecule has 4 heteroatoms. The zero-order chi connectivity index (χ0) is 14.1. The van der Waals surface area contributed by atoms with E-state index in [1.807, 2.05) is 6.07 Å². The van der Waals surface area contributed by atoms with Gasteiger partial charge in [0, 0.05) is 17.6 Å². The van der Waals surface area contributed by atoms with Crippen LogP contribution in [0.4, 0.5) is 14.5 Å². The van der Waals surface area contributed by atoms with Gasteiger partial charge in [-0.3, -0.25) is 0 Å². The number of ether oxygens (including phenoxy) is 1. The molecule has 1 aromatic rings. The van der Waals surface area contributed by atoms with E-state index in [4.69, 9.17) is 0 Å². The number of fused-ring (bicyclic) bond motifs is 2. The maximum absolute atomic E-state index is 12.3. The number of hydrogen-bond acceptors (Lipinski definition) is 2. The highest BCUT2D eigenvalue weighted by molar-refractivity contribution is 5.68. The van der Waals surface area contributed by atoms with Gasteiger partial charge < -0.3 is 10.1 Å². The van der Waals surface area contributed by atoms with Crippen LogP contribution in [0.25, 0.3) is 0 Å². The zero-order valence-electron chi connectivity index (χ0n) is 11.7. The van der Waals surface area contributed by atoms with Crippen LogP contribution in [0, 0.1) is 10.8 Å². The highest BCUT2D eigenvalue weighted by Gasteiger charge is 2.78. The third-order valence-electron chi connectivity index (χ3n) is 5.85. The van der Waals surface area contributed by atoms with Crippen LogP contribution >= 0.6 is 0 Å². The first-order valence-electron chi connectivity index (χ1n) is 6.57. The first-order chi connectivity index (χ1) is 8.74. The molecule has 0 radical (unpaired) electrons. The molecule has 104 valence electrons. The van der Waals surface area contributed by atoms with Crippen LogP contribution in [0.15, 0.2) is 18.2 Å². The van der Waals surface area contributed by atoms with Gasteiger partial charge in [-0.05, 0) is 34.6 Å². The lowest BCUT2D eigenvalue weighted by molar-refractivity contribution is -0.0498. The van der Waals surface area contributed by atoms with E-state index in [-0.39, 0.29) is 22.0 Å². The Morgan fingerprint density at radius 1 is 1.16 bits per heavy atom. The normalized spacial score (nSPS) is 24.2. The van der Waals surface area contributed by atoms with Gasteiger partial charge in [-0.1, -0.05) is 27.7 Å². The smallest absolute Gasteiger partial charge is 0.387 e. The molecule has 1 saturated carbocycles. The molecular formula is C15H19F2NO. The van der Waals surface area contributed by atoms with Crippen molar-refractivity contribution in [2.45, 2.75) is 39.7 Å². The van der Waals surface area contributed by atoms with E-state index in [9.17, 15) is 8.78 Å². The summed E-state index contributed by atoms with van der Waals surface area (Å²) in [4.78, 5) is 0. The number of hydrogen-bond donors (Lipinski definition) is 1. The minimum Gasteiger partial charge on any atom is -0.435 e. The van der Waals surface area contributed by atoms with Gasteiger partial charge in [0.1, 0.15) is 5.75 Å². The van der Waals surface area contributed by atoms with Gasteiger partial charge in [-0.15, -0.1) is 0 Å². The van der Waals surface area contributed by atoms with Crippen molar-refractivity contribution in [1.82, 2.24) is 0 Å². The lowest BCUT2D eigenvalue weighted by atomic mass is 9.88. The fraction of sp³-hybridized carbons (Fsp3) is 0.600. The summed E-state index contributed by atoms with van der Waals surface area (Å²) in [5, 5.41) is 3.40. The summed E-state index contributed by atoms with van der Waals surface area (Å²) >= 11 is 0. The molecule has 0 saturated heterocycles. The topological polar surface area (TPSA) is 21.3 Å². The van der Waals surface area contributed by atoms with Crippen molar-refractivity contribution < 1.29 is 13.5 Å². The van der Waals surface area contributed by atoms with Crippen molar-refractivity contribution >= 4 is 5.69 Å². The van der Waals surface area contributed by atoms with Crippen molar-refractivity contribution in [3.05, 3.63) is 23.8 Å². The number of anilines is 1. The zero-order valence-corrected chi connectivity index (χ0v) is 11.7. The van der Waals surface area contributed by atoms with Gasteiger partial charge in [0.05, 0.1) is 0 Å². The van der Waals surface area contributed by atoms with E-state index in [0.29, 0.717) is 0 Å². The third kappa shape index (κ3) is 1.30. The summed E-state index contributed by atoms with van der Waals surface area (Å²) in [5.74, 6) is 0.246. The summed E-state index contributed by atoms with van der Waals surface area (Å²) in [6.07, 6.45) is 0. The Morgan fingerprint density at radius 3 is 2.32 bits per heavy atom. The van der Waals surface area contributed by atoms with Gasteiger partial charge in [0.25, 0.3) is 0 Å². The van der Waals surface area contributed by atoms with E-state index >= 15 is 0 Å². The number of rotatable bonds is 2. The Morgan fingerprint density at radius 2 is 1.79 bits per heavy atom. The molecule has 19 heavy (non-hydrogen) atoms. The van der Waals surface area contributed by atoms with Crippen LogP contribution in [0.3, 0.4) is 0 Å². The van der Waals surface area contributed by atoms with E-state index in [2.05, 4.69) is 37.7 Å². The summed E-state index contributed by atoms with van der Waals surface area (Å²) in [5.41, 5.74) is 2.45. The van der Waals surface area contributed by atoms with E-state index in [0.717, 1.165) is 17.8 Å². The molecule has 1 aromatic carbocycles. The molecular weight excluding hydrogens is 248 g/mol. The first-order valence-corrected chi connectivity index (χ1v) is 6.57. The number of halogens is 2. The average Bonchev–Trinajstić information content (AvgIpc) is 2.63. The minimum absolute atomic E-state index is 0.0107. The second-order valence-electron chi connectivity index (χ2n) is 6.59. The molecule has 1 aliphatic carbocycles. The maximum atomic E-state index is 12.3. The summed E-state index contributed by atoms with van der Waals surface area (Å²) in [6, 6.07) is 5.21.